The summed E-state index contributed by atoms with van der Waals surface area (Å²) < 4.78 is 22.4. The topological polar surface area (TPSA) is 86.9 Å². The Balaban J connectivity index is 1.94. The number of carbonyl (C=O) groups excluding carboxylic acids is 2. The molecule has 3 aromatic rings. The second kappa shape index (κ2) is 7.92. The van der Waals surface area contributed by atoms with Crippen molar-refractivity contribution in [3.63, 3.8) is 0 Å². The third-order valence-corrected chi connectivity index (χ3v) is 5.89. The standard InChI is InChI=1S/C23H22BrNO6/c1-23(2)30-21(26)19(22(27)31-23)18(14-11-25-16-8-6-5-7-13(14)16)12-9-15(24)20(29-4)17(10-12)28-3/h5-11,18-19,25H,1-4H3/t18-/m1/s1. The van der Waals surface area contributed by atoms with E-state index in [0.717, 1.165) is 16.5 Å². The fourth-order valence-electron chi connectivity index (χ4n) is 4.02. The highest BCUT2D eigenvalue weighted by Crippen LogP contribution is 2.45. The van der Waals surface area contributed by atoms with E-state index in [1.807, 2.05) is 30.3 Å². The minimum atomic E-state index is -1.31. The summed E-state index contributed by atoms with van der Waals surface area (Å²) in [7, 11) is 3.07. The maximum absolute atomic E-state index is 13.0. The Hall–Kier alpha value is -3.00. The van der Waals surface area contributed by atoms with Gasteiger partial charge in [-0.2, -0.15) is 0 Å². The lowest BCUT2D eigenvalue weighted by atomic mass is 9.80. The normalized spacial score (nSPS) is 17.2. The molecule has 0 amide bonds. The zero-order valence-electron chi connectivity index (χ0n) is 17.5. The number of hydrogen-bond donors (Lipinski definition) is 1. The molecule has 0 radical (unpaired) electrons. The van der Waals surface area contributed by atoms with Crippen molar-refractivity contribution in [1.29, 1.82) is 0 Å². The van der Waals surface area contributed by atoms with Gasteiger partial charge in [0, 0.05) is 36.9 Å². The highest BCUT2D eigenvalue weighted by Gasteiger charge is 2.48. The van der Waals surface area contributed by atoms with E-state index in [-0.39, 0.29) is 0 Å². The first-order valence-electron chi connectivity index (χ1n) is 9.69. The van der Waals surface area contributed by atoms with Gasteiger partial charge in [0.2, 0.25) is 0 Å². The zero-order valence-corrected chi connectivity index (χ0v) is 19.1. The minimum absolute atomic E-state index is 0.467. The van der Waals surface area contributed by atoms with Crippen molar-refractivity contribution >= 4 is 38.8 Å². The van der Waals surface area contributed by atoms with Crippen LogP contribution < -0.4 is 9.47 Å². The van der Waals surface area contributed by atoms with Crippen LogP contribution in [0.2, 0.25) is 0 Å². The molecule has 0 unspecified atom stereocenters. The van der Waals surface area contributed by atoms with Gasteiger partial charge < -0.3 is 23.9 Å². The van der Waals surface area contributed by atoms with Crippen LogP contribution in [0.15, 0.2) is 47.1 Å². The summed E-state index contributed by atoms with van der Waals surface area (Å²) in [4.78, 5) is 29.3. The van der Waals surface area contributed by atoms with Gasteiger partial charge in [-0.15, -0.1) is 0 Å². The number of halogens is 1. The molecule has 7 nitrogen and oxygen atoms in total. The molecule has 162 valence electrons. The molecule has 1 aliphatic heterocycles. The van der Waals surface area contributed by atoms with E-state index < -0.39 is 29.6 Å². The Morgan fingerprint density at radius 1 is 1.06 bits per heavy atom. The zero-order chi connectivity index (χ0) is 22.3. The molecule has 1 N–H and O–H groups in total. The predicted molar refractivity (Wildman–Crippen MR) is 117 cm³/mol. The number of H-pyrrole nitrogens is 1. The number of aromatic amines is 1. The van der Waals surface area contributed by atoms with E-state index >= 15 is 0 Å². The lowest BCUT2D eigenvalue weighted by Gasteiger charge is -2.36. The van der Waals surface area contributed by atoms with E-state index in [4.69, 9.17) is 18.9 Å². The molecule has 31 heavy (non-hydrogen) atoms. The van der Waals surface area contributed by atoms with E-state index in [1.54, 1.807) is 12.3 Å². The van der Waals surface area contributed by atoms with E-state index in [2.05, 4.69) is 20.9 Å². The number of aromatic nitrogens is 1. The van der Waals surface area contributed by atoms with Gasteiger partial charge in [-0.05, 0) is 45.3 Å². The molecule has 8 heteroatoms. The smallest absolute Gasteiger partial charge is 0.324 e. The van der Waals surface area contributed by atoms with Gasteiger partial charge in [-0.25, -0.2) is 0 Å². The van der Waals surface area contributed by atoms with Crippen molar-refractivity contribution in [2.24, 2.45) is 5.92 Å². The van der Waals surface area contributed by atoms with Crippen molar-refractivity contribution in [2.75, 3.05) is 14.2 Å². The van der Waals surface area contributed by atoms with Gasteiger partial charge in [-0.1, -0.05) is 18.2 Å². The number of cyclic esters (lactones) is 2. The van der Waals surface area contributed by atoms with Crippen LogP contribution in [0.25, 0.3) is 10.9 Å². The van der Waals surface area contributed by atoms with Crippen molar-refractivity contribution in [1.82, 2.24) is 4.98 Å². The van der Waals surface area contributed by atoms with Crippen LogP contribution in [0.5, 0.6) is 11.5 Å². The Labute approximate surface area is 187 Å². The Bertz CT molecular complexity index is 1150. The molecular formula is C23H22BrNO6. The quantitative estimate of drug-likeness (QED) is 0.420. The van der Waals surface area contributed by atoms with Gasteiger partial charge in [0.15, 0.2) is 17.4 Å². The average molecular weight is 488 g/mol. The van der Waals surface area contributed by atoms with Crippen LogP contribution >= 0.6 is 15.9 Å². The first kappa shape index (κ1) is 21.2. The molecule has 4 rings (SSSR count). The summed E-state index contributed by atoms with van der Waals surface area (Å²) in [5, 5.41) is 0.892. The highest BCUT2D eigenvalue weighted by atomic mass is 79.9. The fraction of sp³-hybridized carbons (Fsp3) is 0.304. The highest BCUT2D eigenvalue weighted by molar-refractivity contribution is 9.10. The number of esters is 2. The Morgan fingerprint density at radius 2 is 1.74 bits per heavy atom. The number of carbonyl (C=O) groups is 2. The number of fused-ring (bicyclic) bond motifs is 1. The number of benzene rings is 2. The second-order valence-electron chi connectivity index (χ2n) is 7.73. The molecular weight excluding hydrogens is 466 g/mol. The maximum atomic E-state index is 13.0. The van der Waals surface area contributed by atoms with Crippen LogP contribution in [0.1, 0.15) is 30.9 Å². The lowest BCUT2D eigenvalue weighted by Crippen LogP contribution is -2.48. The SMILES string of the molecule is COc1cc([C@H](c2c[nH]c3ccccc23)C2C(=O)OC(C)(C)OC2=O)cc(Br)c1OC. The second-order valence-corrected chi connectivity index (χ2v) is 8.58. The van der Waals surface area contributed by atoms with Gasteiger partial charge in [0.1, 0.15) is 0 Å². The monoisotopic (exact) mass is 487 g/mol. The van der Waals surface area contributed by atoms with Gasteiger partial charge in [0.25, 0.3) is 5.79 Å². The van der Waals surface area contributed by atoms with Crippen molar-refractivity contribution in [3.8, 4) is 11.5 Å². The summed E-state index contributed by atoms with van der Waals surface area (Å²) in [5.41, 5.74) is 2.33. The molecule has 0 spiro atoms. The van der Waals surface area contributed by atoms with Crippen molar-refractivity contribution in [3.05, 3.63) is 58.2 Å². The third kappa shape index (κ3) is 3.76. The number of methoxy groups -OCH3 is 2. The Kier molecular flexibility index (Phi) is 5.43. The number of ether oxygens (including phenoxy) is 4. The van der Waals surface area contributed by atoms with Crippen LogP contribution in [-0.4, -0.2) is 36.9 Å². The third-order valence-electron chi connectivity index (χ3n) is 5.31. The minimum Gasteiger partial charge on any atom is -0.493 e. The number of hydrogen-bond acceptors (Lipinski definition) is 6. The largest absolute Gasteiger partial charge is 0.493 e. The average Bonchev–Trinajstić information content (AvgIpc) is 3.13. The fourth-order valence-corrected chi connectivity index (χ4v) is 4.64. The molecule has 0 aliphatic carbocycles. The van der Waals surface area contributed by atoms with Crippen LogP contribution in [0.3, 0.4) is 0 Å². The molecule has 2 heterocycles. The first-order chi connectivity index (χ1) is 14.8. The number of nitrogens with one attached hydrogen (secondary N) is 1. The van der Waals surface area contributed by atoms with Crippen molar-refractivity contribution < 1.29 is 28.5 Å². The van der Waals surface area contributed by atoms with Crippen LogP contribution in [0, 0.1) is 5.92 Å². The van der Waals surface area contributed by atoms with Gasteiger partial charge in [0.05, 0.1) is 18.7 Å². The van der Waals surface area contributed by atoms with E-state index in [9.17, 15) is 9.59 Å². The predicted octanol–water partition coefficient (Wildman–Crippen LogP) is 4.53. The molecule has 1 aliphatic rings. The molecule has 0 saturated carbocycles. The maximum Gasteiger partial charge on any atom is 0.324 e. The van der Waals surface area contributed by atoms with Crippen LogP contribution in [-0.2, 0) is 19.1 Å². The summed E-state index contributed by atoms with van der Waals surface area (Å²) in [6.07, 6.45) is 1.81. The molecule has 1 saturated heterocycles. The van der Waals surface area contributed by atoms with Crippen molar-refractivity contribution in [2.45, 2.75) is 25.6 Å². The van der Waals surface area contributed by atoms with E-state index in [0.29, 0.717) is 21.5 Å². The van der Waals surface area contributed by atoms with Gasteiger partial charge >= 0.3 is 11.9 Å². The van der Waals surface area contributed by atoms with Gasteiger partial charge in [-0.3, -0.25) is 9.59 Å². The first-order valence-corrected chi connectivity index (χ1v) is 10.5. The molecule has 1 fully saturated rings. The summed E-state index contributed by atoms with van der Waals surface area (Å²) in [6, 6.07) is 11.3. The molecule has 1 atom stereocenters. The Morgan fingerprint density at radius 3 is 2.39 bits per heavy atom. The lowest BCUT2D eigenvalue weighted by molar-refractivity contribution is -0.240. The van der Waals surface area contributed by atoms with E-state index in [1.165, 1.54) is 28.1 Å². The molecule has 1 aromatic heterocycles. The molecule has 0 bridgehead atoms. The summed E-state index contributed by atoms with van der Waals surface area (Å²) in [6.45, 7) is 3.07. The molecule has 2 aromatic carbocycles. The summed E-state index contributed by atoms with van der Waals surface area (Å²) >= 11 is 3.51. The number of rotatable bonds is 5. The van der Waals surface area contributed by atoms with Crippen LogP contribution in [0.4, 0.5) is 0 Å². The summed E-state index contributed by atoms with van der Waals surface area (Å²) in [5.74, 6) is -3.47. The number of para-hydroxylation sites is 1.